The number of likely N-dealkylation sites (N-methyl/N-ethyl adjacent to an activating group) is 1. The monoisotopic (exact) mass is 466 g/mol. The van der Waals surface area contributed by atoms with Crippen molar-refractivity contribution in [2.75, 3.05) is 46.4 Å². The number of benzene rings is 3. The van der Waals surface area contributed by atoms with Gasteiger partial charge in [0.25, 0.3) is 0 Å². The predicted molar refractivity (Wildman–Crippen MR) is 131 cm³/mol. The molecule has 34 heavy (non-hydrogen) atoms. The average molecular weight is 467 g/mol. The summed E-state index contributed by atoms with van der Waals surface area (Å²) < 4.78 is 49.0. The van der Waals surface area contributed by atoms with Gasteiger partial charge in [-0.1, -0.05) is 72.8 Å². The molecule has 0 unspecified atom stereocenters. The normalized spacial score (nSPS) is 16.2. The van der Waals surface area contributed by atoms with Gasteiger partial charge in [-0.3, -0.25) is 4.90 Å². The van der Waals surface area contributed by atoms with Crippen LogP contribution in [0.5, 0.6) is 5.75 Å². The Morgan fingerprint density at radius 3 is 1.82 bits per heavy atom. The van der Waals surface area contributed by atoms with Crippen LogP contribution in [0, 0.1) is 0 Å². The van der Waals surface area contributed by atoms with Gasteiger partial charge in [0.15, 0.2) is 0 Å². The first-order valence-corrected chi connectivity index (χ1v) is 11.5. The Labute approximate surface area is 199 Å². The summed E-state index contributed by atoms with van der Waals surface area (Å²) in [6.45, 7) is 5.51. The summed E-state index contributed by atoms with van der Waals surface area (Å²) in [5, 5.41) is 0. The lowest BCUT2D eigenvalue weighted by Crippen LogP contribution is -2.45. The molecule has 1 saturated heterocycles. The Morgan fingerprint density at radius 2 is 1.26 bits per heavy atom. The van der Waals surface area contributed by atoms with Crippen molar-refractivity contribution in [3.05, 3.63) is 102 Å². The molecule has 0 aliphatic carbocycles. The minimum Gasteiger partial charge on any atom is -0.492 e. The van der Waals surface area contributed by atoms with Crippen LogP contribution in [0.15, 0.2) is 84.9 Å². The molecule has 4 rings (SSSR count). The molecule has 3 aromatic rings. The standard InChI is InChI=1S/C28H29F3N2O/c1-32-16-18-33(19-17-32)20-21-34-25-14-12-23(13-15-25)26(22-8-4-2-5-9-22)27(28(29,30)31)24-10-6-3-7-11-24/h2-15H,16-21H2,1H3. The van der Waals surface area contributed by atoms with E-state index in [-0.39, 0.29) is 11.1 Å². The highest BCUT2D eigenvalue weighted by Crippen LogP contribution is 2.42. The van der Waals surface area contributed by atoms with E-state index >= 15 is 0 Å². The third kappa shape index (κ3) is 6.07. The van der Waals surface area contributed by atoms with Gasteiger partial charge in [-0.25, -0.2) is 0 Å². The molecule has 1 aliphatic heterocycles. The van der Waals surface area contributed by atoms with Gasteiger partial charge in [0, 0.05) is 38.3 Å². The van der Waals surface area contributed by atoms with Crippen molar-refractivity contribution in [2.24, 2.45) is 0 Å². The van der Waals surface area contributed by atoms with Crippen molar-refractivity contribution in [3.8, 4) is 5.75 Å². The molecule has 3 nitrogen and oxygen atoms in total. The highest BCUT2D eigenvalue weighted by Gasteiger charge is 2.38. The number of hydrogen-bond acceptors (Lipinski definition) is 3. The van der Waals surface area contributed by atoms with E-state index in [9.17, 15) is 13.2 Å². The van der Waals surface area contributed by atoms with E-state index in [4.69, 9.17) is 4.74 Å². The first kappa shape index (κ1) is 24.0. The summed E-state index contributed by atoms with van der Waals surface area (Å²) in [5.41, 5.74) is 0.656. The Kier molecular flexibility index (Phi) is 7.70. The molecule has 0 amide bonds. The number of halogens is 3. The molecule has 1 heterocycles. The lowest BCUT2D eigenvalue weighted by Gasteiger charge is -2.32. The van der Waals surface area contributed by atoms with Gasteiger partial charge >= 0.3 is 6.18 Å². The van der Waals surface area contributed by atoms with E-state index in [0.717, 1.165) is 32.7 Å². The zero-order chi connectivity index (χ0) is 24.0. The number of nitrogens with zero attached hydrogens (tertiary/aromatic N) is 2. The zero-order valence-electron chi connectivity index (χ0n) is 19.3. The lowest BCUT2D eigenvalue weighted by atomic mass is 9.89. The molecule has 0 saturated carbocycles. The largest absolute Gasteiger partial charge is 0.492 e. The fraction of sp³-hybridized carbons (Fsp3) is 0.286. The van der Waals surface area contributed by atoms with Crippen LogP contribution in [-0.2, 0) is 0 Å². The lowest BCUT2D eigenvalue weighted by molar-refractivity contribution is -0.0685. The maximum absolute atomic E-state index is 14.4. The first-order chi connectivity index (χ1) is 16.4. The Bertz CT molecular complexity index is 1070. The fourth-order valence-electron chi connectivity index (χ4n) is 4.20. The molecule has 6 heteroatoms. The van der Waals surface area contributed by atoms with Crippen molar-refractivity contribution >= 4 is 11.1 Å². The van der Waals surface area contributed by atoms with E-state index in [1.165, 1.54) is 12.1 Å². The Morgan fingerprint density at radius 1 is 0.735 bits per heavy atom. The quantitative estimate of drug-likeness (QED) is 0.407. The van der Waals surface area contributed by atoms with E-state index < -0.39 is 11.7 Å². The Hall–Kier alpha value is -3.09. The third-order valence-corrected chi connectivity index (χ3v) is 6.07. The van der Waals surface area contributed by atoms with Crippen LogP contribution in [0.1, 0.15) is 16.7 Å². The molecule has 3 aromatic carbocycles. The molecule has 0 bridgehead atoms. The molecule has 1 fully saturated rings. The molecule has 0 radical (unpaired) electrons. The molecule has 0 N–H and O–H groups in total. The van der Waals surface area contributed by atoms with Crippen LogP contribution < -0.4 is 4.74 Å². The SMILES string of the molecule is CN1CCN(CCOc2ccc(C(=C(c3ccccc3)C(F)(F)F)c3ccccc3)cc2)CC1. The summed E-state index contributed by atoms with van der Waals surface area (Å²) in [7, 11) is 2.12. The van der Waals surface area contributed by atoms with Crippen molar-refractivity contribution in [1.29, 1.82) is 0 Å². The smallest absolute Gasteiger partial charge is 0.417 e. The van der Waals surface area contributed by atoms with Crippen LogP contribution in [0.25, 0.3) is 11.1 Å². The van der Waals surface area contributed by atoms with Gasteiger partial charge < -0.3 is 9.64 Å². The van der Waals surface area contributed by atoms with Crippen LogP contribution in [0.2, 0.25) is 0 Å². The second-order valence-corrected chi connectivity index (χ2v) is 8.50. The number of hydrogen-bond donors (Lipinski definition) is 0. The second-order valence-electron chi connectivity index (χ2n) is 8.50. The minimum atomic E-state index is -4.52. The van der Waals surface area contributed by atoms with Gasteiger partial charge in [0.05, 0.1) is 5.57 Å². The highest BCUT2D eigenvalue weighted by molar-refractivity contribution is 6.00. The van der Waals surface area contributed by atoms with Gasteiger partial charge in [0.1, 0.15) is 12.4 Å². The van der Waals surface area contributed by atoms with Crippen LogP contribution in [0.3, 0.4) is 0 Å². The van der Waals surface area contributed by atoms with Gasteiger partial charge in [0.2, 0.25) is 0 Å². The summed E-state index contributed by atoms with van der Waals surface area (Å²) >= 11 is 0. The molecular weight excluding hydrogens is 437 g/mol. The summed E-state index contributed by atoms with van der Waals surface area (Å²) in [6, 6.07) is 23.6. The molecule has 0 aromatic heterocycles. The second kappa shape index (κ2) is 10.9. The van der Waals surface area contributed by atoms with Crippen LogP contribution >= 0.6 is 0 Å². The van der Waals surface area contributed by atoms with Crippen molar-refractivity contribution in [1.82, 2.24) is 9.80 Å². The maximum Gasteiger partial charge on any atom is 0.417 e. The zero-order valence-corrected chi connectivity index (χ0v) is 19.3. The number of allylic oxidation sites excluding steroid dienone is 1. The summed E-state index contributed by atoms with van der Waals surface area (Å²) in [4.78, 5) is 4.67. The topological polar surface area (TPSA) is 15.7 Å². The highest BCUT2D eigenvalue weighted by atomic mass is 19.4. The molecule has 0 atom stereocenters. The van der Waals surface area contributed by atoms with E-state index in [1.807, 2.05) is 0 Å². The summed E-state index contributed by atoms with van der Waals surface area (Å²) in [6.07, 6.45) is -4.52. The summed E-state index contributed by atoms with van der Waals surface area (Å²) in [5.74, 6) is 0.651. The Balaban J connectivity index is 1.61. The van der Waals surface area contributed by atoms with Crippen molar-refractivity contribution in [3.63, 3.8) is 0 Å². The van der Waals surface area contributed by atoms with Gasteiger partial charge in [-0.2, -0.15) is 13.2 Å². The van der Waals surface area contributed by atoms with Gasteiger partial charge in [-0.05, 0) is 35.9 Å². The predicted octanol–water partition coefficient (Wildman–Crippen LogP) is 5.83. The number of alkyl halides is 3. The first-order valence-electron chi connectivity index (χ1n) is 11.5. The van der Waals surface area contributed by atoms with Crippen LogP contribution in [-0.4, -0.2) is 62.4 Å². The number of rotatable bonds is 7. The fourth-order valence-corrected chi connectivity index (χ4v) is 4.20. The van der Waals surface area contributed by atoms with E-state index in [1.54, 1.807) is 72.8 Å². The van der Waals surface area contributed by atoms with E-state index in [0.29, 0.717) is 23.5 Å². The number of piperazine rings is 1. The van der Waals surface area contributed by atoms with Crippen molar-refractivity contribution < 1.29 is 17.9 Å². The third-order valence-electron chi connectivity index (χ3n) is 6.07. The maximum atomic E-state index is 14.4. The minimum absolute atomic E-state index is 0.140. The van der Waals surface area contributed by atoms with Crippen molar-refractivity contribution in [2.45, 2.75) is 6.18 Å². The molecular formula is C28H29F3N2O. The molecule has 178 valence electrons. The van der Waals surface area contributed by atoms with Crippen LogP contribution in [0.4, 0.5) is 13.2 Å². The average Bonchev–Trinajstić information content (AvgIpc) is 2.84. The van der Waals surface area contributed by atoms with E-state index in [2.05, 4.69) is 16.8 Å². The molecule has 0 spiro atoms. The number of ether oxygens (including phenoxy) is 1. The molecule has 1 aliphatic rings. The van der Waals surface area contributed by atoms with Gasteiger partial charge in [-0.15, -0.1) is 0 Å².